The smallest absolute Gasteiger partial charge is 0.115 e. The van der Waals surface area contributed by atoms with Gasteiger partial charge < -0.3 is 0 Å². The Balaban J connectivity index is 3.27. The molecule has 1 rings (SSSR count). The van der Waals surface area contributed by atoms with Gasteiger partial charge >= 0.3 is 0 Å². The maximum absolute atomic E-state index is 2.50. The van der Waals surface area contributed by atoms with E-state index in [1.165, 1.54) is 0 Å². The maximum atomic E-state index is 2.50. The first kappa shape index (κ1) is 13.1. The molecular weight excluding hydrogens is 215 g/mol. The molecule has 15 heavy (non-hydrogen) atoms. The summed E-state index contributed by atoms with van der Waals surface area (Å²) in [6.45, 7) is 14.7. The summed E-state index contributed by atoms with van der Waals surface area (Å²) >= 11 is 0. The lowest BCUT2D eigenvalue weighted by Gasteiger charge is -2.43. The minimum absolute atomic E-state index is 0.0666. The van der Waals surface area contributed by atoms with Gasteiger partial charge in [0.1, 0.15) is 7.74 Å². The Morgan fingerprint density at radius 2 is 1.07 bits per heavy atom. The average Bonchev–Trinajstić information content (AvgIpc) is 2.55. The van der Waals surface area contributed by atoms with E-state index in [-0.39, 0.29) is 7.08 Å². The van der Waals surface area contributed by atoms with Gasteiger partial charge in [0.25, 0.3) is 0 Å². The Labute approximate surface area is 97.0 Å². The second-order valence-corrected chi connectivity index (χ2v) is 16.0. The lowest BCUT2D eigenvalue weighted by molar-refractivity contribution is 0.850. The summed E-state index contributed by atoms with van der Waals surface area (Å²) in [5.74, 6) is 5.00. The Morgan fingerprint density at radius 1 is 0.733 bits per heavy atom. The number of rotatable bonds is 4. The summed E-state index contributed by atoms with van der Waals surface area (Å²) in [6.07, 6.45) is 0. The van der Waals surface area contributed by atoms with Crippen LogP contribution in [0.4, 0.5) is 0 Å². The third-order valence-corrected chi connectivity index (χ3v) is 19.5. The highest BCUT2D eigenvalue weighted by Crippen LogP contribution is 2.57. The lowest BCUT2D eigenvalue weighted by Crippen LogP contribution is -2.40. The van der Waals surface area contributed by atoms with Gasteiger partial charge in [-0.05, 0) is 28.2 Å². The van der Waals surface area contributed by atoms with Gasteiger partial charge in [-0.25, -0.2) is 0 Å². The zero-order chi connectivity index (χ0) is 11.6. The standard InChI is InChI=1S/C13H25PSi/c1-11(2)15(12(3)4,13(5)6)14-9-7-8-10-14/h7-13H,1-6H3. The molecule has 0 nitrogen and oxygen atoms in total. The van der Waals surface area contributed by atoms with Gasteiger partial charge in [0.2, 0.25) is 0 Å². The fourth-order valence-electron chi connectivity index (χ4n) is 3.49. The van der Waals surface area contributed by atoms with Crippen LogP contribution in [0.25, 0.3) is 0 Å². The first-order valence-electron chi connectivity index (χ1n) is 6.07. The molecule has 0 bridgehead atoms. The predicted molar refractivity (Wildman–Crippen MR) is 75.6 cm³/mol. The largest absolute Gasteiger partial charge is 0.141 e. The zero-order valence-electron chi connectivity index (χ0n) is 11.0. The minimum Gasteiger partial charge on any atom is -0.141 e. The van der Waals surface area contributed by atoms with Crippen molar-refractivity contribution < 1.29 is 0 Å². The third-order valence-electron chi connectivity index (χ3n) is 3.83. The molecule has 0 unspecified atom stereocenters. The van der Waals surface area contributed by atoms with Crippen molar-refractivity contribution in [2.75, 3.05) is 0 Å². The van der Waals surface area contributed by atoms with Crippen LogP contribution in [0.5, 0.6) is 0 Å². The molecule has 0 aliphatic carbocycles. The molecule has 1 heterocycles. The number of hydrogen-bond donors (Lipinski definition) is 0. The normalized spacial score (nSPS) is 13.1. The van der Waals surface area contributed by atoms with Crippen molar-refractivity contribution in [3.05, 3.63) is 23.7 Å². The Morgan fingerprint density at radius 3 is 1.33 bits per heavy atom. The van der Waals surface area contributed by atoms with E-state index in [1.54, 1.807) is 0 Å². The third kappa shape index (κ3) is 2.10. The minimum atomic E-state index is -1.20. The highest BCUT2D eigenvalue weighted by molar-refractivity contribution is 7.89. The van der Waals surface area contributed by atoms with Crippen LogP contribution in [-0.2, 0) is 0 Å². The second-order valence-electron chi connectivity index (χ2n) is 5.44. The second kappa shape index (κ2) is 4.89. The molecule has 0 amide bonds. The molecule has 0 radical (unpaired) electrons. The summed E-state index contributed by atoms with van der Waals surface area (Å²) in [6, 6.07) is 4.53. The SMILES string of the molecule is CC(C)[Si](C(C)C)(C(C)C)p1cccc1. The van der Waals surface area contributed by atoms with Crippen molar-refractivity contribution >= 4 is 14.8 Å². The molecule has 0 spiro atoms. The van der Waals surface area contributed by atoms with Crippen LogP contribution >= 0.6 is 7.08 Å². The average molecular weight is 240 g/mol. The monoisotopic (exact) mass is 240 g/mol. The lowest BCUT2D eigenvalue weighted by atomic mass is 10.5. The van der Waals surface area contributed by atoms with Gasteiger partial charge in [-0.2, -0.15) is 0 Å². The van der Waals surface area contributed by atoms with Gasteiger partial charge in [0.15, 0.2) is 0 Å². The van der Waals surface area contributed by atoms with Crippen LogP contribution in [-0.4, -0.2) is 7.74 Å². The molecule has 0 N–H and O–H groups in total. The van der Waals surface area contributed by atoms with Crippen LogP contribution in [0.3, 0.4) is 0 Å². The fraction of sp³-hybridized carbons (Fsp3) is 0.692. The van der Waals surface area contributed by atoms with E-state index in [9.17, 15) is 0 Å². The van der Waals surface area contributed by atoms with Crippen molar-refractivity contribution in [1.29, 1.82) is 0 Å². The van der Waals surface area contributed by atoms with E-state index < -0.39 is 7.74 Å². The van der Waals surface area contributed by atoms with Gasteiger partial charge in [0, 0.05) is 0 Å². The van der Waals surface area contributed by atoms with Crippen molar-refractivity contribution in [3.63, 3.8) is 0 Å². The summed E-state index contributed by atoms with van der Waals surface area (Å²) in [5.41, 5.74) is 2.66. The van der Waals surface area contributed by atoms with Crippen molar-refractivity contribution in [1.82, 2.24) is 0 Å². The molecule has 0 fully saturated rings. The van der Waals surface area contributed by atoms with E-state index in [0.717, 1.165) is 16.6 Å². The summed E-state index contributed by atoms with van der Waals surface area (Å²) < 4.78 is 0. The maximum Gasteiger partial charge on any atom is 0.115 e. The zero-order valence-corrected chi connectivity index (χ0v) is 12.9. The molecule has 2 heteroatoms. The molecular formula is C13H25PSi. The highest BCUT2D eigenvalue weighted by Gasteiger charge is 2.44. The molecule has 0 saturated carbocycles. The van der Waals surface area contributed by atoms with E-state index in [1.807, 2.05) is 0 Å². The van der Waals surface area contributed by atoms with Crippen LogP contribution in [0.2, 0.25) is 16.6 Å². The van der Waals surface area contributed by atoms with Gasteiger partial charge in [-0.15, -0.1) is 7.08 Å². The summed E-state index contributed by atoms with van der Waals surface area (Å²) in [5, 5.41) is 0. The Kier molecular flexibility index (Phi) is 4.26. The van der Waals surface area contributed by atoms with E-state index in [2.05, 4.69) is 65.3 Å². The topological polar surface area (TPSA) is 0 Å². The van der Waals surface area contributed by atoms with E-state index in [0.29, 0.717) is 0 Å². The molecule has 0 atom stereocenters. The van der Waals surface area contributed by atoms with Gasteiger partial charge in [0.05, 0.1) is 0 Å². The quantitative estimate of drug-likeness (QED) is 0.592. The van der Waals surface area contributed by atoms with E-state index in [4.69, 9.17) is 0 Å². The summed E-state index contributed by atoms with van der Waals surface area (Å²) in [7, 11) is -1.14. The molecule has 1 aromatic heterocycles. The molecule has 0 aromatic carbocycles. The van der Waals surface area contributed by atoms with Crippen molar-refractivity contribution in [2.45, 2.75) is 58.2 Å². The van der Waals surface area contributed by atoms with Crippen molar-refractivity contribution in [2.24, 2.45) is 0 Å². The first-order chi connectivity index (χ1) is 6.94. The first-order valence-corrected chi connectivity index (χ1v) is 10.6. The molecule has 1 aromatic rings. The Hall–Kier alpha value is -0.00312. The van der Waals surface area contributed by atoms with Gasteiger partial charge in [-0.3, -0.25) is 0 Å². The predicted octanol–water partition coefficient (Wildman–Crippen LogP) is 5.70. The van der Waals surface area contributed by atoms with Crippen LogP contribution < -0.4 is 0 Å². The van der Waals surface area contributed by atoms with Crippen molar-refractivity contribution in [3.8, 4) is 0 Å². The van der Waals surface area contributed by atoms with Gasteiger partial charge in [-0.1, -0.05) is 53.7 Å². The van der Waals surface area contributed by atoms with E-state index >= 15 is 0 Å². The molecule has 0 aliphatic rings. The van der Waals surface area contributed by atoms with Crippen LogP contribution in [0.1, 0.15) is 41.5 Å². The summed E-state index contributed by atoms with van der Waals surface area (Å²) in [4.78, 5) is 0. The van der Waals surface area contributed by atoms with Crippen LogP contribution in [0.15, 0.2) is 23.7 Å². The van der Waals surface area contributed by atoms with Crippen LogP contribution in [0, 0.1) is 0 Å². The Bertz CT molecular complexity index is 264. The number of hydrogen-bond acceptors (Lipinski definition) is 0. The fourth-order valence-corrected chi connectivity index (χ4v) is 17.9. The highest BCUT2D eigenvalue weighted by atomic mass is 31.4. The molecule has 86 valence electrons. The molecule has 0 aliphatic heterocycles. The molecule has 0 saturated heterocycles.